The Labute approximate surface area is 96.6 Å². The molecule has 0 amide bonds. The van der Waals surface area contributed by atoms with Gasteiger partial charge in [-0.25, -0.2) is 0 Å². The summed E-state index contributed by atoms with van der Waals surface area (Å²) in [6.45, 7) is 6.29. The van der Waals surface area contributed by atoms with Gasteiger partial charge < -0.3 is 9.84 Å². The van der Waals surface area contributed by atoms with Crippen molar-refractivity contribution in [3.05, 3.63) is 0 Å². The van der Waals surface area contributed by atoms with E-state index < -0.39 is 11.9 Å². The first-order valence-electron chi connectivity index (χ1n) is 5.51. The summed E-state index contributed by atoms with van der Waals surface area (Å²) in [4.78, 5) is 12.5. The molecule has 0 aliphatic rings. The van der Waals surface area contributed by atoms with Gasteiger partial charge in [-0.05, 0) is 13.3 Å². The first-order chi connectivity index (χ1) is 7.61. The molecule has 0 aliphatic heterocycles. The van der Waals surface area contributed by atoms with E-state index in [4.69, 9.17) is 15.1 Å². The van der Waals surface area contributed by atoms with Crippen LogP contribution in [-0.4, -0.2) is 48.8 Å². The molecule has 0 aromatic rings. The Bertz CT molecular complexity index is 238. The molecule has 0 aliphatic carbocycles. The number of hydrogen-bond donors (Lipinski definition) is 1. The van der Waals surface area contributed by atoms with E-state index in [1.807, 2.05) is 17.9 Å². The van der Waals surface area contributed by atoms with Crippen LogP contribution in [0.5, 0.6) is 0 Å². The van der Waals surface area contributed by atoms with Crippen molar-refractivity contribution in [3.8, 4) is 6.07 Å². The number of carboxylic acid groups (broad SMARTS) is 1. The molecule has 1 unspecified atom stereocenters. The number of rotatable bonds is 9. The zero-order chi connectivity index (χ0) is 12.4. The van der Waals surface area contributed by atoms with Crippen molar-refractivity contribution >= 4 is 5.97 Å². The van der Waals surface area contributed by atoms with Crippen molar-refractivity contribution in [2.24, 2.45) is 5.92 Å². The molecule has 16 heavy (non-hydrogen) atoms. The highest BCUT2D eigenvalue weighted by Crippen LogP contribution is 2.01. The van der Waals surface area contributed by atoms with E-state index in [0.29, 0.717) is 26.3 Å². The molecule has 0 aromatic carbocycles. The van der Waals surface area contributed by atoms with E-state index in [2.05, 4.69) is 0 Å². The molecule has 0 radical (unpaired) electrons. The Morgan fingerprint density at radius 1 is 1.62 bits per heavy atom. The Balaban J connectivity index is 3.88. The average Bonchev–Trinajstić information content (AvgIpc) is 2.24. The van der Waals surface area contributed by atoms with Crippen LogP contribution in [0.15, 0.2) is 0 Å². The second-order valence-electron chi connectivity index (χ2n) is 3.68. The first kappa shape index (κ1) is 14.9. The Morgan fingerprint density at radius 3 is 2.81 bits per heavy atom. The minimum Gasteiger partial charge on any atom is -0.481 e. The quantitative estimate of drug-likeness (QED) is 0.470. The molecule has 5 heteroatoms. The SMILES string of the molecule is CCOCCCN(CC#N)CC(C)C(=O)O. The standard InChI is InChI=1S/C11H20N2O3/c1-3-16-8-4-6-13(7-5-12)9-10(2)11(14)15/h10H,3-4,6-9H2,1-2H3,(H,14,15). The lowest BCUT2D eigenvalue weighted by molar-refractivity contribution is -0.141. The lowest BCUT2D eigenvalue weighted by atomic mass is 10.1. The van der Waals surface area contributed by atoms with Crippen molar-refractivity contribution in [2.75, 3.05) is 32.8 Å². The fraction of sp³-hybridized carbons (Fsp3) is 0.818. The number of hydrogen-bond acceptors (Lipinski definition) is 4. The molecule has 92 valence electrons. The highest BCUT2D eigenvalue weighted by atomic mass is 16.5. The smallest absolute Gasteiger partial charge is 0.307 e. The maximum Gasteiger partial charge on any atom is 0.307 e. The maximum atomic E-state index is 10.7. The molecular formula is C11H20N2O3. The third kappa shape index (κ3) is 7.21. The molecule has 0 saturated heterocycles. The van der Waals surface area contributed by atoms with Crippen LogP contribution in [0.2, 0.25) is 0 Å². The van der Waals surface area contributed by atoms with Crippen molar-refractivity contribution in [2.45, 2.75) is 20.3 Å². The second kappa shape index (κ2) is 9.13. The number of aliphatic carboxylic acids is 1. The van der Waals surface area contributed by atoms with Crippen LogP contribution in [-0.2, 0) is 9.53 Å². The predicted molar refractivity (Wildman–Crippen MR) is 60.0 cm³/mol. The molecule has 0 spiro atoms. The third-order valence-corrected chi connectivity index (χ3v) is 2.22. The van der Waals surface area contributed by atoms with Gasteiger partial charge in [0.05, 0.1) is 18.5 Å². The van der Waals surface area contributed by atoms with Crippen LogP contribution in [0.1, 0.15) is 20.3 Å². The number of ether oxygens (including phenoxy) is 1. The highest BCUT2D eigenvalue weighted by Gasteiger charge is 2.15. The summed E-state index contributed by atoms with van der Waals surface area (Å²) >= 11 is 0. The minimum atomic E-state index is -0.826. The van der Waals surface area contributed by atoms with Crippen LogP contribution >= 0.6 is 0 Å². The summed E-state index contributed by atoms with van der Waals surface area (Å²) in [6, 6.07) is 2.05. The van der Waals surface area contributed by atoms with Crippen molar-refractivity contribution in [1.82, 2.24) is 4.90 Å². The van der Waals surface area contributed by atoms with Crippen LogP contribution in [0.3, 0.4) is 0 Å². The normalized spacial score (nSPS) is 12.4. The van der Waals surface area contributed by atoms with Crippen LogP contribution in [0, 0.1) is 17.2 Å². The summed E-state index contributed by atoms with van der Waals surface area (Å²) in [6.07, 6.45) is 0.821. The Morgan fingerprint density at radius 2 is 2.31 bits per heavy atom. The maximum absolute atomic E-state index is 10.7. The van der Waals surface area contributed by atoms with E-state index in [-0.39, 0.29) is 6.54 Å². The summed E-state index contributed by atoms with van der Waals surface area (Å²) in [5, 5.41) is 17.4. The minimum absolute atomic E-state index is 0.268. The fourth-order valence-corrected chi connectivity index (χ4v) is 1.33. The average molecular weight is 228 g/mol. The van der Waals surface area contributed by atoms with E-state index >= 15 is 0 Å². The Kier molecular flexibility index (Phi) is 8.49. The van der Waals surface area contributed by atoms with E-state index in [1.54, 1.807) is 6.92 Å². The van der Waals surface area contributed by atoms with Gasteiger partial charge in [0.1, 0.15) is 0 Å². The van der Waals surface area contributed by atoms with Crippen molar-refractivity contribution < 1.29 is 14.6 Å². The van der Waals surface area contributed by atoms with E-state index in [9.17, 15) is 4.79 Å². The van der Waals surface area contributed by atoms with E-state index in [1.165, 1.54) is 0 Å². The van der Waals surface area contributed by atoms with Gasteiger partial charge in [0.2, 0.25) is 0 Å². The monoisotopic (exact) mass is 228 g/mol. The third-order valence-electron chi connectivity index (χ3n) is 2.22. The highest BCUT2D eigenvalue weighted by molar-refractivity contribution is 5.69. The second-order valence-corrected chi connectivity index (χ2v) is 3.68. The molecular weight excluding hydrogens is 208 g/mol. The van der Waals surface area contributed by atoms with Gasteiger partial charge in [-0.3, -0.25) is 9.69 Å². The molecule has 0 bridgehead atoms. The Hall–Kier alpha value is -1.12. The van der Waals surface area contributed by atoms with Crippen molar-refractivity contribution in [3.63, 3.8) is 0 Å². The zero-order valence-corrected chi connectivity index (χ0v) is 9.98. The van der Waals surface area contributed by atoms with Gasteiger partial charge in [-0.2, -0.15) is 5.26 Å². The van der Waals surface area contributed by atoms with Gasteiger partial charge in [0, 0.05) is 26.3 Å². The van der Waals surface area contributed by atoms with Crippen LogP contribution in [0.4, 0.5) is 0 Å². The lowest BCUT2D eigenvalue weighted by Crippen LogP contribution is -2.33. The summed E-state index contributed by atoms with van der Waals surface area (Å²) in [5.41, 5.74) is 0. The van der Waals surface area contributed by atoms with Crippen LogP contribution in [0.25, 0.3) is 0 Å². The fourth-order valence-electron chi connectivity index (χ4n) is 1.33. The van der Waals surface area contributed by atoms with Crippen LogP contribution < -0.4 is 0 Å². The van der Waals surface area contributed by atoms with Gasteiger partial charge in [-0.1, -0.05) is 6.92 Å². The van der Waals surface area contributed by atoms with Gasteiger partial charge in [0.15, 0.2) is 0 Å². The molecule has 0 heterocycles. The topological polar surface area (TPSA) is 73.6 Å². The molecule has 5 nitrogen and oxygen atoms in total. The van der Waals surface area contributed by atoms with Gasteiger partial charge in [0.25, 0.3) is 0 Å². The van der Waals surface area contributed by atoms with Gasteiger partial charge >= 0.3 is 5.97 Å². The number of carboxylic acids is 1. The van der Waals surface area contributed by atoms with E-state index in [0.717, 1.165) is 6.42 Å². The molecule has 1 N–H and O–H groups in total. The number of nitrogens with zero attached hydrogens (tertiary/aromatic N) is 2. The first-order valence-corrected chi connectivity index (χ1v) is 5.51. The van der Waals surface area contributed by atoms with Gasteiger partial charge in [-0.15, -0.1) is 0 Å². The van der Waals surface area contributed by atoms with Crippen molar-refractivity contribution in [1.29, 1.82) is 5.26 Å². The number of carbonyl (C=O) groups is 1. The number of nitriles is 1. The summed E-state index contributed by atoms with van der Waals surface area (Å²) < 4.78 is 5.19. The molecule has 1 atom stereocenters. The lowest BCUT2D eigenvalue weighted by Gasteiger charge is -2.20. The zero-order valence-electron chi connectivity index (χ0n) is 9.98. The summed E-state index contributed by atoms with van der Waals surface area (Å²) in [7, 11) is 0. The largest absolute Gasteiger partial charge is 0.481 e. The molecule has 0 rings (SSSR count). The molecule has 0 fully saturated rings. The molecule has 0 saturated carbocycles. The summed E-state index contributed by atoms with van der Waals surface area (Å²) in [5.74, 6) is -1.27. The predicted octanol–water partition coefficient (Wildman–Crippen LogP) is 0.959. The molecule has 0 aromatic heterocycles.